The predicted molar refractivity (Wildman–Crippen MR) is 81.3 cm³/mol. The lowest BCUT2D eigenvalue weighted by Gasteiger charge is -2.25. The molecule has 0 aliphatic rings. The van der Waals surface area contributed by atoms with Crippen LogP contribution in [-0.4, -0.2) is 18.0 Å². The maximum atomic E-state index is 4.06. The molecule has 0 radical (unpaired) electrons. The Kier molecular flexibility index (Phi) is 5.70. The second-order valence-corrected chi connectivity index (χ2v) is 5.29. The number of hydrogen-bond donors (Lipinski definition) is 0. The zero-order valence-electron chi connectivity index (χ0n) is 12.1. The normalized spacial score (nSPS) is 11.7. The average molecular weight is 243 g/mol. The van der Waals surface area contributed by atoms with E-state index in [9.17, 15) is 0 Å². The Labute approximate surface area is 112 Å². The number of hydrogen-bond acceptors (Lipinski definition) is 1. The molecule has 1 rings (SSSR count). The first-order valence-corrected chi connectivity index (χ1v) is 6.63. The highest BCUT2D eigenvalue weighted by atomic mass is 15.1. The molecule has 18 heavy (non-hydrogen) atoms. The smallest absolute Gasteiger partial charge is 0.0362 e. The summed E-state index contributed by atoms with van der Waals surface area (Å²) in [6.45, 7) is 14.8. The molecule has 1 aromatic rings. The fourth-order valence-corrected chi connectivity index (χ4v) is 1.89. The van der Waals surface area contributed by atoms with Crippen molar-refractivity contribution in [2.24, 2.45) is 5.92 Å². The minimum absolute atomic E-state index is 0.659. The average Bonchev–Trinajstić information content (AvgIpc) is 2.34. The minimum Gasteiger partial charge on any atom is -0.372 e. The molecule has 0 aliphatic heterocycles. The number of allylic oxidation sites excluding steroid dienone is 2. The molecule has 0 aromatic heterocycles. The Hall–Kier alpha value is -1.50. The first kappa shape index (κ1) is 14.6. The Balaban J connectivity index is 2.68. The van der Waals surface area contributed by atoms with Crippen molar-refractivity contribution in [2.45, 2.75) is 27.7 Å². The van der Waals surface area contributed by atoms with Crippen LogP contribution in [0.4, 0.5) is 0 Å². The Morgan fingerprint density at radius 3 is 2.33 bits per heavy atom. The van der Waals surface area contributed by atoms with E-state index < -0.39 is 0 Å². The van der Waals surface area contributed by atoms with E-state index in [-0.39, 0.29) is 0 Å². The summed E-state index contributed by atoms with van der Waals surface area (Å²) in [5.41, 5.74) is 3.76. The molecule has 0 saturated heterocycles. The van der Waals surface area contributed by atoms with Gasteiger partial charge < -0.3 is 4.90 Å². The van der Waals surface area contributed by atoms with Crippen molar-refractivity contribution in [3.8, 4) is 0 Å². The fraction of sp³-hybridized carbons (Fsp3) is 0.412. The van der Waals surface area contributed by atoms with Gasteiger partial charge in [-0.1, -0.05) is 56.8 Å². The standard InChI is InChI=1S/C17H25N/c1-14(2)13-18(15(3)4)12-11-16(5)17-9-7-6-8-10-17/h6-11,14H,3,12-13H2,1-2,4-5H3/b16-11+. The summed E-state index contributed by atoms with van der Waals surface area (Å²) in [7, 11) is 0. The van der Waals surface area contributed by atoms with Crippen LogP contribution < -0.4 is 0 Å². The molecule has 1 heteroatoms. The molecule has 1 nitrogen and oxygen atoms in total. The van der Waals surface area contributed by atoms with E-state index in [1.54, 1.807) is 0 Å². The van der Waals surface area contributed by atoms with Crippen LogP contribution in [0.5, 0.6) is 0 Å². The minimum atomic E-state index is 0.659. The third-order valence-electron chi connectivity index (χ3n) is 2.97. The Bertz CT molecular complexity index is 401. The van der Waals surface area contributed by atoms with Crippen LogP contribution in [0.25, 0.3) is 5.57 Å². The molecule has 98 valence electrons. The first-order valence-electron chi connectivity index (χ1n) is 6.63. The van der Waals surface area contributed by atoms with Gasteiger partial charge in [0.25, 0.3) is 0 Å². The summed E-state index contributed by atoms with van der Waals surface area (Å²) in [6, 6.07) is 10.5. The van der Waals surface area contributed by atoms with E-state index in [2.05, 4.69) is 75.6 Å². The van der Waals surface area contributed by atoms with E-state index in [0.29, 0.717) is 5.92 Å². The predicted octanol–water partition coefficient (Wildman–Crippen LogP) is 4.58. The molecule has 0 saturated carbocycles. The molecule has 0 spiro atoms. The second kappa shape index (κ2) is 7.05. The van der Waals surface area contributed by atoms with E-state index in [1.807, 2.05) is 0 Å². The summed E-state index contributed by atoms with van der Waals surface area (Å²) < 4.78 is 0. The van der Waals surface area contributed by atoms with Crippen molar-refractivity contribution in [1.29, 1.82) is 0 Å². The molecule has 0 N–H and O–H groups in total. The van der Waals surface area contributed by atoms with Crippen LogP contribution in [0.15, 0.2) is 48.7 Å². The zero-order chi connectivity index (χ0) is 13.5. The van der Waals surface area contributed by atoms with Gasteiger partial charge in [0, 0.05) is 18.8 Å². The van der Waals surface area contributed by atoms with Crippen LogP contribution in [0.3, 0.4) is 0 Å². The van der Waals surface area contributed by atoms with Crippen LogP contribution in [0.2, 0.25) is 0 Å². The van der Waals surface area contributed by atoms with Crippen LogP contribution in [-0.2, 0) is 0 Å². The Morgan fingerprint density at radius 1 is 1.22 bits per heavy atom. The summed E-state index contributed by atoms with van der Waals surface area (Å²) in [4.78, 5) is 2.33. The second-order valence-electron chi connectivity index (χ2n) is 5.29. The topological polar surface area (TPSA) is 3.24 Å². The van der Waals surface area contributed by atoms with Crippen LogP contribution in [0.1, 0.15) is 33.3 Å². The van der Waals surface area contributed by atoms with Gasteiger partial charge in [-0.25, -0.2) is 0 Å². The van der Waals surface area contributed by atoms with Gasteiger partial charge in [-0.05, 0) is 30.9 Å². The number of rotatable bonds is 6. The van der Waals surface area contributed by atoms with Crippen molar-refractivity contribution in [2.75, 3.05) is 13.1 Å². The van der Waals surface area contributed by atoms with E-state index in [1.165, 1.54) is 11.1 Å². The van der Waals surface area contributed by atoms with Gasteiger partial charge >= 0.3 is 0 Å². The van der Waals surface area contributed by atoms with Gasteiger partial charge in [-0.15, -0.1) is 0 Å². The third-order valence-corrected chi connectivity index (χ3v) is 2.97. The van der Waals surface area contributed by atoms with E-state index >= 15 is 0 Å². The van der Waals surface area contributed by atoms with Crippen molar-refractivity contribution in [3.63, 3.8) is 0 Å². The number of nitrogens with zero attached hydrogens (tertiary/aromatic N) is 1. The summed E-state index contributed by atoms with van der Waals surface area (Å²) >= 11 is 0. The SMILES string of the molecule is C=C(C)N(C/C=C(\C)c1ccccc1)CC(C)C. The van der Waals surface area contributed by atoms with Gasteiger partial charge in [-0.2, -0.15) is 0 Å². The summed E-state index contributed by atoms with van der Waals surface area (Å²) in [6.07, 6.45) is 2.28. The molecule has 0 aliphatic carbocycles. The largest absolute Gasteiger partial charge is 0.372 e. The van der Waals surface area contributed by atoms with E-state index in [0.717, 1.165) is 18.8 Å². The highest BCUT2D eigenvalue weighted by molar-refractivity contribution is 5.63. The fourth-order valence-electron chi connectivity index (χ4n) is 1.89. The summed E-state index contributed by atoms with van der Waals surface area (Å²) in [5, 5.41) is 0. The maximum absolute atomic E-state index is 4.06. The molecule has 0 unspecified atom stereocenters. The molecule has 0 amide bonds. The van der Waals surface area contributed by atoms with Crippen LogP contribution >= 0.6 is 0 Å². The van der Waals surface area contributed by atoms with Gasteiger partial charge in [0.1, 0.15) is 0 Å². The Morgan fingerprint density at radius 2 is 1.83 bits per heavy atom. The van der Waals surface area contributed by atoms with Gasteiger partial charge in [-0.3, -0.25) is 0 Å². The third kappa shape index (κ3) is 4.79. The highest BCUT2D eigenvalue weighted by Gasteiger charge is 2.05. The molecule has 1 aromatic carbocycles. The summed E-state index contributed by atoms with van der Waals surface area (Å²) in [5.74, 6) is 0.659. The van der Waals surface area contributed by atoms with Gasteiger partial charge in [0.15, 0.2) is 0 Å². The lowest BCUT2D eigenvalue weighted by Crippen LogP contribution is -2.25. The molecule has 0 heterocycles. The molecule has 0 atom stereocenters. The lowest BCUT2D eigenvalue weighted by atomic mass is 10.1. The van der Waals surface area contributed by atoms with Crippen molar-refractivity contribution >= 4 is 5.57 Å². The van der Waals surface area contributed by atoms with Crippen molar-refractivity contribution < 1.29 is 0 Å². The molecule has 0 fully saturated rings. The molecule has 0 bridgehead atoms. The van der Waals surface area contributed by atoms with Crippen LogP contribution in [0, 0.1) is 5.92 Å². The molecular formula is C17H25N. The monoisotopic (exact) mass is 243 g/mol. The van der Waals surface area contributed by atoms with E-state index in [4.69, 9.17) is 0 Å². The maximum Gasteiger partial charge on any atom is 0.0362 e. The quantitative estimate of drug-likeness (QED) is 0.707. The number of benzene rings is 1. The van der Waals surface area contributed by atoms with Crippen molar-refractivity contribution in [1.82, 2.24) is 4.90 Å². The molecular weight excluding hydrogens is 218 g/mol. The highest BCUT2D eigenvalue weighted by Crippen LogP contribution is 2.14. The van der Waals surface area contributed by atoms with Crippen molar-refractivity contribution in [3.05, 3.63) is 54.2 Å². The van der Waals surface area contributed by atoms with Gasteiger partial charge in [0.05, 0.1) is 0 Å². The zero-order valence-corrected chi connectivity index (χ0v) is 12.1. The lowest BCUT2D eigenvalue weighted by molar-refractivity contribution is 0.334. The first-order chi connectivity index (χ1) is 8.50. The van der Waals surface area contributed by atoms with Gasteiger partial charge in [0.2, 0.25) is 0 Å².